The van der Waals surface area contributed by atoms with Crippen molar-refractivity contribution in [2.45, 2.75) is 32.1 Å². The predicted molar refractivity (Wildman–Crippen MR) is 72.3 cm³/mol. The van der Waals surface area contributed by atoms with Crippen molar-refractivity contribution >= 4 is 23.1 Å². The summed E-state index contributed by atoms with van der Waals surface area (Å²) >= 11 is 5.85. The van der Waals surface area contributed by atoms with E-state index in [0.29, 0.717) is 0 Å². The van der Waals surface area contributed by atoms with Gasteiger partial charge in [0.05, 0.1) is 5.38 Å². The number of carbonyl (C=O) groups is 1. The number of ketones is 1. The Morgan fingerprint density at radius 3 is 2.94 bits per heavy atom. The minimum atomic E-state index is -0.452. The van der Waals surface area contributed by atoms with Gasteiger partial charge in [0.25, 0.3) is 0 Å². The van der Waals surface area contributed by atoms with Crippen LogP contribution in [-0.4, -0.2) is 24.2 Å². The summed E-state index contributed by atoms with van der Waals surface area (Å²) < 4.78 is 0. The molecule has 0 N–H and O–H groups in total. The number of rotatable bonds is 3. The van der Waals surface area contributed by atoms with Crippen molar-refractivity contribution in [2.24, 2.45) is 0 Å². The Hall–Kier alpha value is -1.02. The van der Waals surface area contributed by atoms with Crippen molar-refractivity contribution in [3.8, 4) is 0 Å². The van der Waals surface area contributed by atoms with Crippen LogP contribution in [0.2, 0.25) is 0 Å². The van der Waals surface area contributed by atoms with Crippen molar-refractivity contribution in [1.82, 2.24) is 0 Å². The van der Waals surface area contributed by atoms with Crippen molar-refractivity contribution in [2.75, 3.05) is 18.0 Å². The summed E-state index contributed by atoms with van der Waals surface area (Å²) in [6, 6.07) is 5.97. The molecule has 0 radical (unpaired) electrons. The van der Waals surface area contributed by atoms with E-state index >= 15 is 0 Å². The fourth-order valence-electron chi connectivity index (χ4n) is 2.36. The standard InChI is InChI=1S/C14H18ClNO/c1-3-16-8-4-5-11-6-7-12(9-13(11)16)14(17)10(2)15/h6-7,9-10H,3-5,8H2,1-2H3. The Morgan fingerprint density at radius 1 is 1.53 bits per heavy atom. The molecule has 17 heavy (non-hydrogen) atoms. The second kappa shape index (κ2) is 5.09. The van der Waals surface area contributed by atoms with E-state index < -0.39 is 5.38 Å². The molecule has 3 heteroatoms. The molecule has 2 nitrogen and oxygen atoms in total. The van der Waals surface area contributed by atoms with Crippen LogP contribution < -0.4 is 4.90 Å². The minimum Gasteiger partial charge on any atom is -0.372 e. The van der Waals surface area contributed by atoms with E-state index in [-0.39, 0.29) is 5.78 Å². The molecule has 0 bridgehead atoms. The number of aryl methyl sites for hydroxylation is 1. The molecule has 0 saturated carbocycles. The highest BCUT2D eigenvalue weighted by Gasteiger charge is 2.19. The summed E-state index contributed by atoms with van der Waals surface area (Å²) in [4.78, 5) is 14.2. The summed E-state index contributed by atoms with van der Waals surface area (Å²) in [6.07, 6.45) is 2.30. The molecule has 2 rings (SSSR count). The van der Waals surface area contributed by atoms with E-state index in [1.54, 1.807) is 6.92 Å². The molecule has 1 aliphatic heterocycles. The van der Waals surface area contributed by atoms with E-state index in [4.69, 9.17) is 11.6 Å². The van der Waals surface area contributed by atoms with Gasteiger partial charge in [-0.25, -0.2) is 0 Å². The van der Waals surface area contributed by atoms with E-state index in [0.717, 1.165) is 25.1 Å². The number of alkyl halides is 1. The Kier molecular flexibility index (Phi) is 3.72. The highest BCUT2D eigenvalue weighted by atomic mass is 35.5. The molecule has 0 amide bonds. The molecule has 0 spiro atoms. The molecule has 1 aromatic carbocycles. The van der Waals surface area contributed by atoms with Crippen LogP contribution in [0.1, 0.15) is 36.2 Å². The quantitative estimate of drug-likeness (QED) is 0.607. The molecule has 92 valence electrons. The SMILES string of the molecule is CCN1CCCc2ccc(C(=O)C(C)Cl)cc21. The molecule has 1 unspecified atom stereocenters. The van der Waals surface area contributed by atoms with Crippen molar-refractivity contribution < 1.29 is 4.79 Å². The Balaban J connectivity index is 2.37. The van der Waals surface area contributed by atoms with E-state index in [9.17, 15) is 4.79 Å². The fraction of sp³-hybridized carbons (Fsp3) is 0.500. The van der Waals surface area contributed by atoms with Crippen LogP contribution in [0.15, 0.2) is 18.2 Å². The maximum atomic E-state index is 11.9. The number of Topliss-reactive ketones (excluding diaryl/α,β-unsaturated/α-hetero) is 1. The summed E-state index contributed by atoms with van der Waals surface area (Å²) in [6.45, 7) is 5.94. The first-order valence-corrected chi connectivity index (χ1v) is 6.63. The van der Waals surface area contributed by atoms with Gasteiger partial charge < -0.3 is 4.90 Å². The lowest BCUT2D eigenvalue weighted by atomic mass is 9.97. The number of hydrogen-bond donors (Lipinski definition) is 0. The third-order valence-corrected chi connectivity index (χ3v) is 3.53. The van der Waals surface area contributed by atoms with Crippen molar-refractivity contribution in [3.05, 3.63) is 29.3 Å². The van der Waals surface area contributed by atoms with Crippen LogP contribution in [-0.2, 0) is 6.42 Å². The topological polar surface area (TPSA) is 20.3 Å². The zero-order chi connectivity index (χ0) is 12.4. The van der Waals surface area contributed by atoms with Gasteiger partial charge in [-0.2, -0.15) is 0 Å². The molecule has 1 aromatic rings. The molecular formula is C14H18ClNO. The first-order valence-electron chi connectivity index (χ1n) is 6.19. The summed E-state index contributed by atoms with van der Waals surface area (Å²) in [5, 5.41) is -0.452. The first kappa shape index (κ1) is 12.4. The van der Waals surface area contributed by atoms with Gasteiger partial charge in [0, 0.05) is 24.3 Å². The van der Waals surface area contributed by atoms with Crippen LogP contribution in [0.4, 0.5) is 5.69 Å². The third kappa shape index (κ3) is 2.47. The maximum Gasteiger partial charge on any atom is 0.180 e. The third-order valence-electron chi connectivity index (χ3n) is 3.33. The van der Waals surface area contributed by atoms with Crippen LogP contribution in [0.5, 0.6) is 0 Å². The average molecular weight is 252 g/mol. The van der Waals surface area contributed by atoms with Crippen LogP contribution in [0.25, 0.3) is 0 Å². The van der Waals surface area contributed by atoms with Gasteiger partial charge in [-0.1, -0.05) is 12.1 Å². The van der Waals surface area contributed by atoms with E-state index in [2.05, 4.69) is 17.9 Å². The van der Waals surface area contributed by atoms with E-state index in [1.807, 2.05) is 12.1 Å². The highest BCUT2D eigenvalue weighted by Crippen LogP contribution is 2.28. The predicted octanol–water partition coefficient (Wildman–Crippen LogP) is 3.27. The summed E-state index contributed by atoms with van der Waals surface area (Å²) in [7, 11) is 0. The average Bonchev–Trinajstić information content (AvgIpc) is 2.36. The maximum absolute atomic E-state index is 11.9. The molecule has 0 fully saturated rings. The fourth-order valence-corrected chi connectivity index (χ4v) is 2.49. The lowest BCUT2D eigenvalue weighted by Crippen LogP contribution is -2.29. The molecule has 1 atom stereocenters. The van der Waals surface area contributed by atoms with Crippen LogP contribution >= 0.6 is 11.6 Å². The summed E-state index contributed by atoms with van der Waals surface area (Å²) in [5.41, 5.74) is 3.28. The minimum absolute atomic E-state index is 0.0103. The molecule has 0 saturated heterocycles. The number of hydrogen-bond acceptors (Lipinski definition) is 2. The number of fused-ring (bicyclic) bond motifs is 1. The monoisotopic (exact) mass is 251 g/mol. The molecule has 1 aliphatic rings. The number of carbonyl (C=O) groups excluding carboxylic acids is 1. The lowest BCUT2D eigenvalue weighted by molar-refractivity contribution is 0.0992. The lowest BCUT2D eigenvalue weighted by Gasteiger charge is -2.30. The van der Waals surface area contributed by atoms with Crippen molar-refractivity contribution in [3.63, 3.8) is 0 Å². The van der Waals surface area contributed by atoms with Gasteiger partial charge in [-0.05, 0) is 38.3 Å². The van der Waals surface area contributed by atoms with Crippen molar-refractivity contribution in [1.29, 1.82) is 0 Å². The van der Waals surface area contributed by atoms with Gasteiger partial charge >= 0.3 is 0 Å². The number of halogens is 1. The zero-order valence-corrected chi connectivity index (χ0v) is 11.1. The summed E-state index contributed by atoms with van der Waals surface area (Å²) in [5.74, 6) is 0.0103. The first-order chi connectivity index (χ1) is 8.13. The number of benzene rings is 1. The smallest absolute Gasteiger partial charge is 0.180 e. The Bertz CT molecular complexity index is 428. The Morgan fingerprint density at radius 2 is 2.29 bits per heavy atom. The largest absolute Gasteiger partial charge is 0.372 e. The molecule has 0 aromatic heterocycles. The zero-order valence-electron chi connectivity index (χ0n) is 10.4. The normalized spacial score (nSPS) is 16.5. The van der Waals surface area contributed by atoms with Gasteiger partial charge in [-0.3, -0.25) is 4.79 Å². The number of nitrogens with zero attached hydrogens (tertiary/aromatic N) is 1. The number of anilines is 1. The molecule has 1 heterocycles. The van der Waals surface area contributed by atoms with Gasteiger partial charge in [0.1, 0.15) is 0 Å². The van der Waals surface area contributed by atoms with Gasteiger partial charge in [-0.15, -0.1) is 11.6 Å². The van der Waals surface area contributed by atoms with E-state index in [1.165, 1.54) is 17.7 Å². The highest BCUT2D eigenvalue weighted by molar-refractivity contribution is 6.33. The molecular weight excluding hydrogens is 234 g/mol. The second-order valence-corrected chi connectivity index (χ2v) is 5.16. The Labute approximate surface area is 108 Å². The second-order valence-electron chi connectivity index (χ2n) is 4.51. The van der Waals surface area contributed by atoms with Crippen LogP contribution in [0, 0.1) is 0 Å². The van der Waals surface area contributed by atoms with Crippen LogP contribution in [0.3, 0.4) is 0 Å². The van der Waals surface area contributed by atoms with Gasteiger partial charge in [0.15, 0.2) is 5.78 Å². The van der Waals surface area contributed by atoms with Gasteiger partial charge in [0.2, 0.25) is 0 Å². The molecule has 0 aliphatic carbocycles.